The number of rotatable bonds is 2. The van der Waals surface area contributed by atoms with Gasteiger partial charge in [0, 0.05) is 5.56 Å². The van der Waals surface area contributed by atoms with Gasteiger partial charge in [0.25, 0.3) is 0 Å². The van der Waals surface area contributed by atoms with E-state index in [4.69, 9.17) is 5.73 Å². The van der Waals surface area contributed by atoms with Gasteiger partial charge in [-0.3, -0.25) is 0 Å². The molecule has 0 atom stereocenters. The molecule has 2 aromatic heterocycles. The van der Waals surface area contributed by atoms with Gasteiger partial charge < -0.3 is 5.73 Å². The molecule has 6 heteroatoms. The number of nitrogens with two attached hydrogens (primary N) is 1. The third kappa shape index (κ3) is 2.01. The molecule has 0 unspecified atom stereocenters. The van der Waals surface area contributed by atoms with Gasteiger partial charge in [0.1, 0.15) is 21.7 Å². The lowest BCUT2D eigenvalue weighted by molar-refractivity contribution is 1.15. The highest BCUT2D eigenvalue weighted by molar-refractivity contribution is 7.98. The molecule has 3 rings (SSSR count). The van der Waals surface area contributed by atoms with Crippen molar-refractivity contribution >= 4 is 39.1 Å². The minimum atomic E-state index is 0.438. The third-order valence-corrected chi connectivity index (χ3v) is 4.68. The number of fused-ring (bicyclic) bond motifs is 1. The van der Waals surface area contributed by atoms with Crippen molar-refractivity contribution in [3.63, 3.8) is 0 Å². The minimum Gasteiger partial charge on any atom is -0.396 e. The van der Waals surface area contributed by atoms with Gasteiger partial charge in [-0.1, -0.05) is 30.3 Å². The number of anilines is 1. The van der Waals surface area contributed by atoms with Crippen LogP contribution in [0.2, 0.25) is 0 Å². The van der Waals surface area contributed by atoms with E-state index in [1.54, 1.807) is 0 Å². The molecular formula is C14H10N4S2. The van der Waals surface area contributed by atoms with E-state index in [9.17, 15) is 5.26 Å². The van der Waals surface area contributed by atoms with Crippen molar-refractivity contribution < 1.29 is 0 Å². The Labute approximate surface area is 124 Å². The van der Waals surface area contributed by atoms with E-state index in [1.807, 2.05) is 36.6 Å². The van der Waals surface area contributed by atoms with Crippen molar-refractivity contribution in [1.82, 2.24) is 9.97 Å². The van der Waals surface area contributed by atoms with Crippen molar-refractivity contribution in [2.75, 3.05) is 12.0 Å². The van der Waals surface area contributed by atoms with E-state index in [0.29, 0.717) is 21.9 Å². The second-order valence-electron chi connectivity index (χ2n) is 4.06. The van der Waals surface area contributed by atoms with E-state index >= 15 is 0 Å². The monoisotopic (exact) mass is 298 g/mol. The van der Waals surface area contributed by atoms with Crippen LogP contribution in [-0.2, 0) is 0 Å². The SMILES string of the molecule is CSc1nc2nc(-c3ccccc3)sc2c(N)c1C#N. The maximum absolute atomic E-state index is 9.21. The summed E-state index contributed by atoms with van der Waals surface area (Å²) < 4.78 is 0.776. The van der Waals surface area contributed by atoms with Crippen LogP contribution in [-0.4, -0.2) is 16.2 Å². The zero-order valence-corrected chi connectivity index (χ0v) is 12.3. The first kappa shape index (κ1) is 12.9. The Morgan fingerprint density at radius 1 is 1.25 bits per heavy atom. The van der Waals surface area contributed by atoms with Crippen LogP contribution < -0.4 is 5.73 Å². The third-order valence-electron chi connectivity index (χ3n) is 2.87. The van der Waals surface area contributed by atoms with Gasteiger partial charge in [-0.2, -0.15) is 5.26 Å². The second kappa shape index (κ2) is 5.12. The average molecular weight is 298 g/mol. The highest BCUT2D eigenvalue weighted by Gasteiger charge is 2.16. The first-order valence-electron chi connectivity index (χ1n) is 5.84. The molecule has 3 aromatic rings. The fraction of sp³-hybridized carbons (Fsp3) is 0.0714. The normalized spacial score (nSPS) is 10.6. The van der Waals surface area contributed by atoms with E-state index in [1.165, 1.54) is 23.1 Å². The smallest absolute Gasteiger partial charge is 0.174 e. The first-order chi connectivity index (χ1) is 9.74. The van der Waals surface area contributed by atoms with Crippen molar-refractivity contribution in [1.29, 1.82) is 5.26 Å². The summed E-state index contributed by atoms with van der Waals surface area (Å²) in [5.74, 6) is 0. The van der Waals surface area contributed by atoms with E-state index in [-0.39, 0.29) is 0 Å². The van der Waals surface area contributed by atoms with Crippen molar-refractivity contribution in [2.24, 2.45) is 0 Å². The Hall–Kier alpha value is -2.10. The van der Waals surface area contributed by atoms with Gasteiger partial charge in [-0.05, 0) is 6.26 Å². The lowest BCUT2D eigenvalue weighted by Gasteiger charge is -2.02. The summed E-state index contributed by atoms with van der Waals surface area (Å²) >= 11 is 2.87. The van der Waals surface area contributed by atoms with Crippen LogP contribution in [0.1, 0.15) is 5.56 Å². The Bertz CT molecular complexity index is 819. The molecule has 0 spiro atoms. The van der Waals surface area contributed by atoms with Gasteiger partial charge in [0.2, 0.25) is 0 Å². The zero-order valence-electron chi connectivity index (χ0n) is 10.6. The van der Waals surface area contributed by atoms with Gasteiger partial charge in [0.15, 0.2) is 5.65 Å². The van der Waals surface area contributed by atoms with Crippen LogP contribution in [0.3, 0.4) is 0 Å². The molecule has 20 heavy (non-hydrogen) atoms. The van der Waals surface area contributed by atoms with E-state index in [2.05, 4.69) is 16.0 Å². The lowest BCUT2D eigenvalue weighted by Crippen LogP contribution is -1.96. The molecule has 98 valence electrons. The van der Waals surface area contributed by atoms with Crippen LogP contribution >= 0.6 is 23.1 Å². The van der Waals surface area contributed by atoms with Gasteiger partial charge in [-0.15, -0.1) is 23.1 Å². The summed E-state index contributed by atoms with van der Waals surface area (Å²) in [7, 11) is 0. The number of benzene rings is 1. The Kier molecular flexibility index (Phi) is 3.30. The zero-order chi connectivity index (χ0) is 14.1. The molecule has 0 saturated heterocycles. The quantitative estimate of drug-likeness (QED) is 0.732. The molecule has 4 nitrogen and oxygen atoms in total. The Morgan fingerprint density at radius 3 is 2.65 bits per heavy atom. The van der Waals surface area contributed by atoms with Crippen molar-refractivity contribution in [3.05, 3.63) is 35.9 Å². The molecule has 2 N–H and O–H groups in total. The topological polar surface area (TPSA) is 75.6 Å². The molecule has 0 saturated carbocycles. The standard InChI is InChI=1S/C14H10N4S2/c1-19-14-9(7-15)10(16)11-12(18-14)17-13(20-11)8-5-3-2-4-6-8/h2-6H,1H3,(H2,16,18). The number of nitrogen functional groups attached to an aromatic ring is 1. The molecule has 0 amide bonds. The molecule has 1 aromatic carbocycles. The van der Waals surface area contributed by atoms with Crippen LogP contribution in [0.4, 0.5) is 5.69 Å². The predicted molar refractivity (Wildman–Crippen MR) is 83.8 cm³/mol. The maximum Gasteiger partial charge on any atom is 0.174 e. The summed E-state index contributed by atoms with van der Waals surface area (Å²) in [6, 6.07) is 12.0. The maximum atomic E-state index is 9.21. The van der Waals surface area contributed by atoms with Gasteiger partial charge in [-0.25, -0.2) is 9.97 Å². The van der Waals surface area contributed by atoms with E-state index in [0.717, 1.165) is 15.3 Å². The molecule has 0 aliphatic heterocycles. The van der Waals surface area contributed by atoms with Crippen LogP contribution in [0.25, 0.3) is 20.9 Å². The number of nitrogens with zero attached hydrogens (tertiary/aromatic N) is 3. The number of nitriles is 1. The Balaban J connectivity index is 2.27. The van der Waals surface area contributed by atoms with Crippen LogP contribution in [0, 0.1) is 11.3 Å². The Morgan fingerprint density at radius 2 is 2.00 bits per heavy atom. The number of thiazole rings is 1. The number of pyridine rings is 1. The predicted octanol–water partition coefficient (Wildman–Crippen LogP) is 3.53. The highest BCUT2D eigenvalue weighted by Crippen LogP contribution is 2.36. The summed E-state index contributed by atoms with van der Waals surface area (Å²) in [6.45, 7) is 0. The number of hydrogen-bond acceptors (Lipinski definition) is 6. The van der Waals surface area contributed by atoms with Crippen LogP contribution in [0.15, 0.2) is 35.4 Å². The fourth-order valence-corrected chi connectivity index (χ4v) is 3.42. The molecular weight excluding hydrogens is 288 g/mol. The molecule has 0 radical (unpaired) electrons. The van der Waals surface area contributed by atoms with Crippen molar-refractivity contribution in [2.45, 2.75) is 5.03 Å². The summed E-state index contributed by atoms with van der Waals surface area (Å²) in [5, 5.41) is 10.7. The van der Waals surface area contributed by atoms with Gasteiger partial charge >= 0.3 is 0 Å². The van der Waals surface area contributed by atoms with E-state index < -0.39 is 0 Å². The summed E-state index contributed by atoms with van der Waals surface area (Å²) in [5.41, 5.74) is 8.64. The summed E-state index contributed by atoms with van der Waals surface area (Å²) in [6.07, 6.45) is 1.87. The number of aromatic nitrogens is 2. The molecule has 2 heterocycles. The van der Waals surface area contributed by atoms with Crippen molar-refractivity contribution in [3.8, 4) is 16.6 Å². The average Bonchev–Trinajstić information content (AvgIpc) is 2.92. The minimum absolute atomic E-state index is 0.438. The number of thioether (sulfide) groups is 1. The highest BCUT2D eigenvalue weighted by atomic mass is 32.2. The fourth-order valence-electron chi connectivity index (χ4n) is 1.90. The summed E-state index contributed by atoms with van der Waals surface area (Å²) in [4.78, 5) is 8.96. The molecule has 0 fully saturated rings. The van der Waals surface area contributed by atoms with Gasteiger partial charge in [0.05, 0.1) is 10.4 Å². The lowest BCUT2D eigenvalue weighted by atomic mass is 10.2. The first-order valence-corrected chi connectivity index (χ1v) is 7.88. The molecule has 0 bridgehead atoms. The second-order valence-corrected chi connectivity index (χ2v) is 5.85. The molecule has 0 aliphatic rings. The van der Waals surface area contributed by atoms with Crippen LogP contribution in [0.5, 0.6) is 0 Å². The largest absolute Gasteiger partial charge is 0.396 e. The molecule has 0 aliphatic carbocycles. The number of hydrogen-bond donors (Lipinski definition) is 1.